The molecule has 2 aromatic rings. The molecule has 0 radical (unpaired) electrons. The second-order valence-corrected chi connectivity index (χ2v) is 7.69. The van der Waals surface area contributed by atoms with Crippen LogP contribution in [0, 0.1) is 5.41 Å². The van der Waals surface area contributed by atoms with Crippen LogP contribution in [0.5, 0.6) is 0 Å². The zero-order chi connectivity index (χ0) is 17.6. The molecule has 2 amide bonds. The summed E-state index contributed by atoms with van der Waals surface area (Å²) in [4.78, 5) is 33.9. The lowest BCUT2D eigenvalue weighted by atomic mass is 9.93. The first kappa shape index (κ1) is 16.4. The molecule has 1 aliphatic heterocycles. The Hall–Kier alpha value is -2.08. The molecule has 2 fully saturated rings. The molecule has 2 aliphatic rings. The number of likely N-dealkylation sites (tertiary alicyclic amines) is 1. The molecule has 2 N–H and O–H groups in total. The molecule has 7 heteroatoms. The first-order chi connectivity index (χ1) is 12.0. The van der Waals surface area contributed by atoms with E-state index in [-0.39, 0.29) is 11.8 Å². The van der Waals surface area contributed by atoms with Gasteiger partial charge < -0.3 is 15.2 Å². The molecular weight excluding hydrogens is 340 g/mol. The van der Waals surface area contributed by atoms with Crippen LogP contribution < -0.4 is 5.32 Å². The van der Waals surface area contributed by atoms with Crippen molar-refractivity contribution in [2.45, 2.75) is 38.6 Å². The third-order valence-electron chi connectivity index (χ3n) is 5.55. The number of nitrogens with one attached hydrogen (secondary N) is 2. The third kappa shape index (κ3) is 3.11. The number of amides is 2. The number of halogens is 1. The molecule has 3 heterocycles. The molecule has 132 valence electrons. The minimum atomic E-state index is -0.555. The molecular formula is C18H21ClN4O2. The van der Waals surface area contributed by atoms with E-state index in [1.165, 1.54) is 19.0 Å². The normalized spacial score (nSPS) is 19.8. The van der Waals surface area contributed by atoms with Crippen molar-refractivity contribution in [3.63, 3.8) is 0 Å². The van der Waals surface area contributed by atoms with Gasteiger partial charge in [-0.25, -0.2) is 0 Å². The Morgan fingerprint density at radius 1 is 1.28 bits per heavy atom. The molecule has 1 saturated heterocycles. The number of hydrogen-bond donors (Lipinski definition) is 2. The number of rotatable bonds is 3. The average molecular weight is 361 g/mol. The number of fused-ring (bicyclic) bond motifs is 1. The highest BCUT2D eigenvalue weighted by Crippen LogP contribution is 2.53. The van der Waals surface area contributed by atoms with Crippen LogP contribution in [0.2, 0.25) is 5.02 Å². The van der Waals surface area contributed by atoms with Gasteiger partial charge in [-0.2, -0.15) is 0 Å². The van der Waals surface area contributed by atoms with E-state index in [1.54, 1.807) is 19.2 Å². The maximum Gasteiger partial charge on any atom is 0.268 e. The van der Waals surface area contributed by atoms with E-state index < -0.39 is 6.04 Å². The van der Waals surface area contributed by atoms with Crippen LogP contribution in [0.4, 0.5) is 0 Å². The monoisotopic (exact) mass is 360 g/mol. The first-order valence-corrected chi connectivity index (χ1v) is 9.07. The van der Waals surface area contributed by atoms with Crippen LogP contribution in [0.1, 0.15) is 43.1 Å². The van der Waals surface area contributed by atoms with E-state index in [4.69, 9.17) is 11.6 Å². The topological polar surface area (TPSA) is 78.1 Å². The first-order valence-electron chi connectivity index (χ1n) is 8.69. The highest BCUT2D eigenvalue weighted by atomic mass is 35.5. The minimum Gasteiger partial charge on any atom is -0.349 e. The summed E-state index contributed by atoms with van der Waals surface area (Å²) in [6.07, 6.45) is 7.95. The summed E-state index contributed by atoms with van der Waals surface area (Å²) in [5.74, 6) is -0.330. The van der Waals surface area contributed by atoms with Crippen LogP contribution in [-0.4, -0.2) is 45.8 Å². The van der Waals surface area contributed by atoms with Crippen molar-refractivity contribution in [3.8, 4) is 0 Å². The van der Waals surface area contributed by atoms with Gasteiger partial charge >= 0.3 is 0 Å². The predicted octanol–water partition coefficient (Wildman–Crippen LogP) is 2.74. The molecule has 4 rings (SSSR count). The Bertz CT molecular complexity index is 833. The van der Waals surface area contributed by atoms with Crippen molar-refractivity contribution in [1.82, 2.24) is 20.2 Å². The highest BCUT2D eigenvalue weighted by Gasteiger charge is 2.45. The van der Waals surface area contributed by atoms with Gasteiger partial charge in [-0.05, 0) is 44.1 Å². The van der Waals surface area contributed by atoms with Gasteiger partial charge in [0.2, 0.25) is 5.91 Å². The Labute approximate surface area is 150 Å². The van der Waals surface area contributed by atoms with Crippen LogP contribution in [-0.2, 0) is 4.79 Å². The van der Waals surface area contributed by atoms with E-state index in [0.717, 1.165) is 31.3 Å². The number of H-pyrrole nitrogens is 1. The maximum atomic E-state index is 12.6. The van der Waals surface area contributed by atoms with Gasteiger partial charge in [-0.3, -0.25) is 14.6 Å². The number of piperidine rings is 1. The van der Waals surface area contributed by atoms with Crippen molar-refractivity contribution in [1.29, 1.82) is 0 Å². The van der Waals surface area contributed by atoms with Gasteiger partial charge in [0, 0.05) is 24.7 Å². The van der Waals surface area contributed by atoms with Crippen LogP contribution in [0.15, 0.2) is 18.5 Å². The van der Waals surface area contributed by atoms with Gasteiger partial charge in [-0.1, -0.05) is 11.6 Å². The molecule has 1 atom stereocenters. The van der Waals surface area contributed by atoms with Crippen molar-refractivity contribution in [3.05, 3.63) is 29.2 Å². The van der Waals surface area contributed by atoms with Crippen LogP contribution in [0.3, 0.4) is 0 Å². The fourth-order valence-corrected chi connectivity index (χ4v) is 3.84. The standard InChI is InChI=1S/C18H21ClN4O2/c1-11(17(25)23-6-4-18(2-3-18)5-7-23)21-16(24)14-8-12-13(19)9-20-10-15(12)22-14/h8-11,22H,2-7H2,1H3,(H,21,24)/t11-/m0/s1. The molecule has 1 spiro atoms. The smallest absolute Gasteiger partial charge is 0.268 e. The Balaban J connectivity index is 1.40. The van der Waals surface area contributed by atoms with E-state index in [2.05, 4.69) is 15.3 Å². The summed E-state index contributed by atoms with van der Waals surface area (Å²) in [7, 11) is 0. The van der Waals surface area contributed by atoms with E-state index in [1.807, 2.05) is 4.90 Å². The summed E-state index contributed by atoms with van der Waals surface area (Å²) in [6.45, 7) is 3.33. The minimum absolute atomic E-state index is 0.0142. The fraction of sp³-hybridized carbons (Fsp3) is 0.500. The molecule has 0 bridgehead atoms. The number of carbonyl (C=O) groups is 2. The number of carbonyl (C=O) groups excluding carboxylic acids is 2. The largest absolute Gasteiger partial charge is 0.349 e. The van der Waals surface area contributed by atoms with Crippen molar-refractivity contribution >= 4 is 34.3 Å². The summed E-state index contributed by atoms with van der Waals surface area (Å²) in [5.41, 5.74) is 1.60. The Morgan fingerprint density at radius 3 is 2.64 bits per heavy atom. The fourth-order valence-electron chi connectivity index (χ4n) is 3.63. The maximum absolute atomic E-state index is 12.6. The second kappa shape index (κ2) is 6.02. The number of aromatic nitrogens is 2. The Kier molecular flexibility index (Phi) is 3.95. The molecule has 0 aromatic carbocycles. The van der Waals surface area contributed by atoms with E-state index in [9.17, 15) is 9.59 Å². The molecule has 2 aromatic heterocycles. The lowest BCUT2D eigenvalue weighted by Gasteiger charge is -2.33. The summed E-state index contributed by atoms with van der Waals surface area (Å²) in [5, 5.41) is 4.01. The number of pyridine rings is 1. The molecule has 25 heavy (non-hydrogen) atoms. The van der Waals surface area contributed by atoms with Crippen molar-refractivity contribution < 1.29 is 9.59 Å². The lowest BCUT2D eigenvalue weighted by molar-refractivity contribution is -0.134. The summed E-state index contributed by atoms with van der Waals surface area (Å²) in [6, 6.07) is 1.13. The van der Waals surface area contributed by atoms with E-state index in [0.29, 0.717) is 21.6 Å². The number of aromatic amines is 1. The van der Waals surface area contributed by atoms with Crippen LogP contribution >= 0.6 is 11.6 Å². The summed E-state index contributed by atoms with van der Waals surface area (Å²) < 4.78 is 0. The lowest BCUT2D eigenvalue weighted by Crippen LogP contribution is -2.49. The third-order valence-corrected chi connectivity index (χ3v) is 5.85. The van der Waals surface area contributed by atoms with Gasteiger partial charge in [0.1, 0.15) is 11.7 Å². The number of hydrogen-bond acceptors (Lipinski definition) is 3. The molecule has 1 saturated carbocycles. The number of nitrogens with zero attached hydrogens (tertiary/aromatic N) is 2. The molecule has 1 aliphatic carbocycles. The van der Waals surface area contributed by atoms with Crippen molar-refractivity contribution in [2.75, 3.05) is 13.1 Å². The second-order valence-electron chi connectivity index (χ2n) is 7.29. The quantitative estimate of drug-likeness (QED) is 0.883. The zero-order valence-corrected chi connectivity index (χ0v) is 14.9. The van der Waals surface area contributed by atoms with Crippen LogP contribution in [0.25, 0.3) is 10.9 Å². The SMILES string of the molecule is C[C@H](NC(=O)c1cc2c(Cl)cncc2[nH]1)C(=O)N1CCC2(CC1)CC2. The Morgan fingerprint density at radius 2 is 2.00 bits per heavy atom. The average Bonchev–Trinajstić information content (AvgIpc) is 3.20. The zero-order valence-electron chi connectivity index (χ0n) is 14.1. The predicted molar refractivity (Wildman–Crippen MR) is 95.5 cm³/mol. The summed E-state index contributed by atoms with van der Waals surface area (Å²) >= 11 is 6.09. The molecule has 6 nitrogen and oxygen atoms in total. The highest BCUT2D eigenvalue weighted by molar-refractivity contribution is 6.35. The molecule has 0 unspecified atom stereocenters. The van der Waals surface area contributed by atoms with Gasteiger partial charge in [0.25, 0.3) is 5.91 Å². The van der Waals surface area contributed by atoms with Gasteiger partial charge in [-0.15, -0.1) is 0 Å². The van der Waals surface area contributed by atoms with Gasteiger partial charge in [0.05, 0.1) is 16.7 Å². The van der Waals surface area contributed by atoms with E-state index >= 15 is 0 Å². The van der Waals surface area contributed by atoms with Crippen molar-refractivity contribution in [2.24, 2.45) is 5.41 Å². The van der Waals surface area contributed by atoms with Gasteiger partial charge in [0.15, 0.2) is 0 Å².